The molecule has 0 spiro atoms. The third-order valence-corrected chi connectivity index (χ3v) is 3.88. The Bertz CT molecular complexity index is 925. The third-order valence-electron chi connectivity index (χ3n) is 3.88. The smallest absolute Gasteiger partial charge is 0.262 e. The van der Waals surface area contributed by atoms with E-state index in [1.807, 2.05) is 0 Å². The highest BCUT2D eigenvalue weighted by atomic mass is 16.6. The maximum Gasteiger partial charge on any atom is 0.262 e. The summed E-state index contributed by atoms with van der Waals surface area (Å²) >= 11 is 0. The summed E-state index contributed by atoms with van der Waals surface area (Å²) < 4.78 is 16.5. The van der Waals surface area contributed by atoms with E-state index in [0.717, 1.165) is 0 Å². The highest BCUT2D eigenvalue weighted by molar-refractivity contribution is 5.97. The van der Waals surface area contributed by atoms with E-state index in [-0.39, 0.29) is 24.0 Å². The lowest BCUT2D eigenvalue weighted by Gasteiger charge is -2.19. The fourth-order valence-corrected chi connectivity index (χ4v) is 2.62. The Kier molecular flexibility index (Phi) is 5.78. The van der Waals surface area contributed by atoms with E-state index in [4.69, 9.17) is 14.2 Å². The van der Waals surface area contributed by atoms with Gasteiger partial charge in [0.15, 0.2) is 23.9 Å². The van der Waals surface area contributed by atoms with Gasteiger partial charge in [0, 0.05) is 24.2 Å². The quantitative estimate of drug-likeness (QED) is 0.742. The van der Waals surface area contributed by atoms with Crippen LogP contribution in [0.4, 0.5) is 11.4 Å². The highest BCUT2D eigenvalue weighted by Gasteiger charge is 2.14. The van der Waals surface area contributed by atoms with Crippen LogP contribution in [0.5, 0.6) is 17.2 Å². The number of fused-ring (bicyclic) bond motifs is 1. The molecule has 146 valence electrons. The fourth-order valence-electron chi connectivity index (χ4n) is 2.62. The van der Waals surface area contributed by atoms with Crippen LogP contribution in [0.1, 0.15) is 24.2 Å². The first-order valence-corrected chi connectivity index (χ1v) is 8.67. The zero-order valence-corrected chi connectivity index (χ0v) is 15.5. The topological polar surface area (TPSA) is 103 Å². The normalized spacial score (nSPS) is 12.1. The van der Waals surface area contributed by atoms with Gasteiger partial charge in [-0.15, -0.1) is 0 Å². The molecule has 8 nitrogen and oxygen atoms in total. The predicted molar refractivity (Wildman–Crippen MR) is 102 cm³/mol. The summed E-state index contributed by atoms with van der Waals surface area (Å²) in [4.78, 5) is 35.2. The van der Waals surface area contributed by atoms with Gasteiger partial charge in [-0.05, 0) is 37.3 Å². The Morgan fingerprint density at radius 3 is 2.43 bits per heavy atom. The van der Waals surface area contributed by atoms with Crippen molar-refractivity contribution in [3.05, 3.63) is 42.0 Å². The zero-order valence-electron chi connectivity index (χ0n) is 15.5. The van der Waals surface area contributed by atoms with E-state index >= 15 is 0 Å². The summed E-state index contributed by atoms with van der Waals surface area (Å²) in [6, 6.07) is 9.72. The van der Waals surface area contributed by atoms with Crippen molar-refractivity contribution >= 4 is 29.0 Å². The van der Waals surface area contributed by atoms with E-state index in [2.05, 4.69) is 10.6 Å². The number of carbonyl (C=O) groups excluding carboxylic acids is 3. The molecule has 2 aromatic carbocycles. The number of hydrogen-bond acceptors (Lipinski definition) is 6. The summed E-state index contributed by atoms with van der Waals surface area (Å²) in [6.07, 6.45) is 0. The number of Topliss-reactive ketones (excluding diaryl/α,β-unsaturated/α-hetero) is 1. The molecule has 2 N–H and O–H groups in total. The maximum absolute atomic E-state index is 12.2. The summed E-state index contributed by atoms with van der Waals surface area (Å²) in [5.74, 6) is 0.577. The van der Waals surface area contributed by atoms with E-state index in [0.29, 0.717) is 41.7 Å². The van der Waals surface area contributed by atoms with Gasteiger partial charge in [-0.2, -0.15) is 0 Å². The molecular formula is C20H20N2O6. The van der Waals surface area contributed by atoms with Crippen LogP contribution in [0, 0.1) is 0 Å². The monoisotopic (exact) mass is 384 g/mol. The van der Waals surface area contributed by atoms with Crippen LogP contribution < -0.4 is 24.8 Å². The molecule has 1 heterocycles. The number of ketones is 1. The first kappa shape index (κ1) is 19.2. The number of amides is 2. The molecule has 3 rings (SSSR count). The molecule has 0 aliphatic carbocycles. The van der Waals surface area contributed by atoms with Crippen molar-refractivity contribution < 1.29 is 28.6 Å². The van der Waals surface area contributed by atoms with Gasteiger partial charge in [-0.1, -0.05) is 0 Å². The number of hydrogen-bond donors (Lipinski definition) is 2. The van der Waals surface area contributed by atoms with E-state index < -0.39 is 5.91 Å². The number of benzene rings is 2. The van der Waals surface area contributed by atoms with E-state index in [9.17, 15) is 14.4 Å². The minimum Gasteiger partial charge on any atom is -0.486 e. The van der Waals surface area contributed by atoms with Crippen LogP contribution >= 0.6 is 0 Å². The standard InChI is InChI=1S/C20H20N2O6/c1-12(23)14-3-5-16(21-13(2)24)18(9-14)28-11-20(25)22-15-4-6-17-19(10-15)27-8-7-26-17/h3-6,9-10H,7-8,11H2,1-2H3,(H,21,24)(H,22,25). The molecule has 0 bridgehead atoms. The van der Waals surface area contributed by atoms with Gasteiger partial charge in [0.25, 0.3) is 5.91 Å². The zero-order chi connectivity index (χ0) is 20.1. The van der Waals surface area contributed by atoms with Crippen molar-refractivity contribution in [3.63, 3.8) is 0 Å². The highest BCUT2D eigenvalue weighted by Crippen LogP contribution is 2.32. The summed E-state index contributed by atoms with van der Waals surface area (Å²) in [7, 11) is 0. The molecule has 28 heavy (non-hydrogen) atoms. The minimum absolute atomic E-state index is 0.153. The molecule has 8 heteroatoms. The Morgan fingerprint density at radius 2 is 1.71 bits per heavy atom. The van der Waals surface area contributed by atoms with Crippen molar-refractivity contribution in [2.45, 2.75) is 13.8 Å². The van der Waals surface area contributed by atoms with Crippen molar-refractivity contribution in [3.8, 4) is 17.2 Å². The van der Waals surface area contributed by atoms with E-state index in [1.54, 1.807) is 30.3 Å². The Morgan fingerprint density at radius 1 is 0.964 bits per heavy atom. The van der Waals surface area contributed by atoms with E-state index in [1.165, 1.54) is 19.9 Å². The lowest BCUT2D eigenvalue weighted by Crippen LogP contribution is -2.21. The van der Waals surface area contributed by atoms with Gasteiger partial charge in [0.1, 0.15) is 19.0 Å². The SMILES string of the molecule is CC(=O)Nc1ccc(C(C)=O)cc1OCC(=O)Nc1ccc2c(c1)OCCO2. The van der Waals surface area contributed by atoms with Crippen LogP contribution in [0.25, 0.3) is 0 Å². The average Bonchev–Trinajstić information content (AvgIpc) is 2.66. The number of rotatable bonds is 6. The third kappa shape index (κ3) is 4.79. The molecule has 2 aromatic rings. The minimum atomic E-state index is -0.404. The van der Waals surface area contributed by atoms with Crippen molar-refractivity contribution in [1.29, 1.82) is 0 Å². The Hall–Kier alpha value is -3.55. The maximum atomic E-state index is 12.2. The molecule has 0 unspecified atom stereocenters. The van der Waals surface area contributed by atoms with Crippen LogP contribution in [-0.4, -0.2) is 37.4 Å². The van der Waals surface area contributed by atoms with Crippen molar-refractivity contribution in [1.82, 2.24) is 0 Å². The summed E-state index contributed by atoms with van der Waals surface area (Å²) in [6.45, 7) is 3.42. The van der Waals surface area contributed by atoms with Gasteiger partial charge < -0.3 is 24.8 Å². The van der Waals surface area contributed by atoms with Crippen molar-refractivity contribution in [2.75, 3.05) is 30.5 Å². The van der Waals surface area contributed by atoms with Gasteiger partial charge in [-0.3, -0.25) is 14.4 Å². The molecule has 0 radical (unpaired) electrons. The van der Waals surface area contributed by atoms with Gasteiger partial charge in [-0.25, -0.2) is 0 Å². The van der Waals surface area contributed by atoms with Crippen LogP contribution in [-0.2, 0) is 9.59 Å². The van der Waals surface area contributed by atoms with Gasteiger partial charge in [0.05, 0.1) is 5.69 Å². The second-order valence-electron chi connectivity index (χ2n) is 6.14. The molecule has 0 saturated carbocycles. The fraction of sp³-hybridized carbons (Fsp3) is 0.250. The van der Waals surface area contributed by atoms with Gasteiger partial charge in [0.2, 0.25) is 5.91 Å². The first-order valence-electron chi connectivity index (χ1n) is 8.67. The predicted octanol–water partition coefficient (Wildman–Crippen LogP) is 2.64. The largest absolute Gasteiger partial charge is 0.486 e. The lowest BCUT2D eigenvalue weighted by molar-refractivity contribution is -0.118. The first-order chi connectivity index (χ1) is 13.4. The molecule has 2 amide bonds. The summed E-state index contributed by atoms with van der Waals surface area (Å²) in [5, 5.41) is 5.32. The second-order valence-corrected chi connectivity index (χ2v) is 6.14. The van der Waals surface area contributed by atoms with Crippen molar-refractivity contribution in [2.24, 2.45) is 0 Å². The molecule has 0 saturated heterocycles. The van der Waals surface area contributed by atoms with Crippen LogP contribution in [0.15, 0.2) is 36.4 Å². The lowest BCUT2D eigenvalue weighted by atomic mass is 10.1. The molecule has 0 aromatic heterocycles. The van der Waals surface area contributed by atoms with Crippen LogP contribution in [0.2, 0.25) is 0 Å². The molecule has 0 fully saturated rings. The number of anilines is 2. The van der Waals surface area contributed by atoms with Gasteiger partial charge >= 0.3 is 0 Å². The number of carbonyl (C=O) groups is 3. The number of ether oxygens (including phenoxy) is 3. The van der Waals surface area contributed by atoms with Crippen LogP contribution in [0.3, 0.4) is 0 Å². The molecule has 1 aliphatic rings. The summed E-state index contributed by atoms with van der Waals surface area (Å²) in [5.41, 5.74) is 1.33. The average molecular weight is 384 g/mol. The second kappa shape index (κ2) is 8.43. The molecule has 0 atom stereocenters. The number of nitrogens with one attached hydrogen (secondary N) is 2. The Balaban J connectivity index is 1.67. The molecule has 1 aliphatic heterocycles. The molecular weight excluding hydrogens is 364 g/mol. The Labute approximate surface area is 161 Å².